The minimum absolute atomic E-state index is 0.642. The van der Waals surface area contributed by atoms with Crippen molar-refractivity contribution < 1.29 is 4.74 Å². The third kappa shape index (κ3) is 2.10. The number of methoxy groups -OCH3 is 1. The number of nitrogens with zero attached hydrogens (tertiary/aromatic N) is 4. The monoisotopic (exact) mass is 251 g/mol. The zero-order valence-corrected chi connectivity index (χ0v) is 10.6. The molecule has 0 N–H and O–H groups in total. The van der Waals surface area contributed by atoms with Crippen molar-refractivity contribution in [1.29, 1.82) is 0 Å². The molecule has 0 aliphatic rings. The molecule has 1 radical (unpaired) electrons. The summed E-state index contributed by atoms with van der Waals surface area (Å²) in [6, 6.07) is 3.77. The van der Waals surface area contributed by atoms with Crippen LogP contribution in [0.25, 0.3) is 22.3 Å². The molecule has 0 unspecified atom stereocenters. The van der Waals surface area contributed by atoms with E-state index < -0.39 is 0 Å². The van der Waals surface area contributed by atoms with Gasteiger partial charge in [0.05, 0.1) is 7.11 Å². The van der Waals surface area contributed by atoms with Crippen molar-refractivity contribution in [2.24, 2.45) is 0 Å². The van der Waals surface area contributed by atoms with Crippen molar-refractivity contribution in [3.05, 3.63) is 42.6 Å². The molecule has 0 saturated carbocycles. The summed E-state index contributed by atoms with van der Waals surface area (Å²) in [4.78, 5) is 16.7. The fraction of sp³-hybridized carbons (Fsp3) is 0.143. The molecule has 1 aromatic carbocycles. The van der Waals surface area contributed by atoms with Crippen LogP contribution in [0.5, 0.6) is 5.75 Å². The van der Waals surface area contributed by atoms with Gasteiger partial charge in [-0.05, 0) is 24.6 Å². The molecular weight excluding hydrogens is 240 g/mol. The quantitative estimate of drug-likeness (QED) is 0.698. The predicted molar refractivity (Wildman–Crippen MR) is 70.7 cm³/mol. The Morgan fingerprint density at radius 1 is 1.11 bits per heavy atom. The summed E-state index contributed by atoms with van der Waals surface area (Å²) in [6.07, 6.45) is 7.91. The summed E-state index contributed by atoms with van der Waals surface area (Å²) in [5.41, 5.74) is 2.61. The Morgan fingerprint density at radius 2 is 1.89 bits per heavy atom. The highest BCUT2D eigenvalue weighted by Crippen LogP contribution is 2.28. The maximum absolute atomic E-state index is 5.35. The molecule has 2 heterocycles. The first kappa shape index (κ1) is 11.5. The summed E-state index contributed by atoms with van der Waals surface area (Å²) in [7, 11) is 1.61. The Bertz CT molecular complexity index is 725. The molecule has 0 spiro atoms. The molecule has 5 heteroatoms. The Morgan fingerprint density at radius 3 is 2.63 bits per heavy atom. The third-order valence-corrected chi connectivity index (χ3v) is 2.76. The maximum atomic E-state index is 5.35. The second kappa shape index (κ2) is 4.61. The Balaban J connectivity index is 2.22. The van der Waals surface area contributed by atoms with Crippen LogP contribution in [-0.4, -0.2) is 27.0 Å². The van der Waals surface area contributed by atoms with E-state index in [0.717, 1.165) is 22.0 Å². The zero-order chi connectivity index (χ0) is 13.2. The summed E-state index contributed by atoms with van der Waals surface area (Å²) >= 11 is 0. The van der Waals surface area contributed by atoms with Gasteiger partial charge in [-0.1, -0.05) is 0 Å². The second-order valence-corrected chi connectivity index (χ2v) is 4.14. The first-order chi connectivity index (χ1) is 9.28. The molecule has 0 aliphatic carbocycles. The van der Waals surface area contributed by atoms with E-state index in [1.165, 1.54) is 6.33 Å². The number of ether oxygens (including phenoxy) is 1. The first-order valence-corrected chi connectivity index (χ1v) is 5.77. The highest BCUT2D eigenvalue weighted by Gasteiger charge is 2.09. The SMILES string of the molecule is COc1cc(-c2ncc(C)cn2)cc2[c]ncnc12. The summed E-state index contributed by atoms with van der Waals surface area (Å²) in [6.45, 7) is 1.95. The van der Waals surface area contributed by atoms with Crippen LogP contribution in [0.3, 0.4) is 0 Å². The van der Waals surface area contributed by atoms with E-state index in [4.69, 9.17) is 4.74 Å². The van der Waals surface area contributed by atoms with Crippen molar-refractivity contribution in [2.45, 2.75) is 6.92 Å². The lowest BCUT2D eigenvalue weighted by molar-refractivity contribution is 0.419. The van der Waals surface area contributed by atoms with Crippen molar-refractivity contribution in [3.63, 3.8) is 0 Å². The average molecular weight is 251 g/mol. The number of rotatable bonds is 2. The van der Waals surface area contributed by atoms with Crippen LogP contribution in [0.4, 0.5) is 0 Å². The number of benzene rings is 1. The number of aryl methyl sites for hydroxylation is 1. The first-order valence-electron chi connectivity index (χ1n) is 5.77. The number of hydrogen-bond acceptors (Lipinski definition) is 5. The molecule has 0 atom stereocenters. The summed E-state index contributed by atoms with van der Waals surface area (Å²) < 4.78 is 5.35. The predicted octanol–water partition coefficient (Wildman–Crippen LogP) is 2.20. The van der Waals surface area contributed by atoms with Crippen molar-refractivity contribution in [3.8, 4) is 17.1 Å². The lowest BCUT2D eigenvalue weighted by atomic mass is 10.1. The van der Waals surface area contributed by atoms with E-state index in [1.54, 1.807) is 19.5 Å². The van der Waals surface area contributed by atoms with Gasteiger partial charge in [0.25, 0.3) is 0 Å². The molecule has 2 aromatic heterocycles. The largest absolute Gasteiger partial charge is 0.494 e. The molecular formula is C14H11N4O. The van der Waals surface area contributed by atoms with Gasteiger partial charge in [-0.15, -0.1) is 0 Å². The van der Waals surface area contributed by atoms with Crippen molar-refractivity contribution in [2.75, 3.05) is 7.11 Å². The highest BCUT2D eigenvalue weighted by molar-refractivity contribution is 5.87. The van der Waals surface area contributed by atoms with E-state index in [0.29, 0.717) is 11.6 Å². The molecule has 93 valence electrons. The summed E-state index contributed by atoms with van der Waals surface area (Å²) in [5.74, 6) is 1.30. The topological polar surface area (TPSA) is 60.8 Å². The lowest BCUT2D eigenvalue weighted by Gasteiger charge is -2.07. The molecule has 0 saturated heterocycles. The van der Waals surface area contributed by atoms with Gasteiger partial charge in [0.15, 0.2) is 5.82 Å². The molecule has 3 rings (SSSR count). The zero-order valence-electron chi connectivity index (χ0n) is 10.6. The standard InChI is InChI=1S/C14H11N4O/c1-9-5-16-14(17-6-9)10-3-11-7-15-8-18-13(11)12(4-10)19-2/h3-6,8H,1-2H3. The molecule has 5 nitrogen and oxygen atoms in total. The van der Waals surface area contributed by atoms with E-state index in [2.05, 4.69) is 26.1 Å². The van der Waals surface area contributed by atoms with Crippen LogP contribution in [-0.2, 0) is 0 Å². The molecule has 0 amide bonds. The molecule has 0 bridgehead atoms. The van der Waals surface area contributed by atoms with Gasteiger partial charge in [0.1, 0.15) is 23.8 Å². The van der Waals surface area contributed by atoms with Gasteiger partial charge in [0.2, 0.25) is 0 Å². The van der Waals surface area contributed by atoms with Crippen LogP contribution < -0.4 is 4.74 Å². The van der Waals surface area contributed by atoms with Crippen LogP contribution in [0.2, 0.25) is 0 Å². The van der Waals surface area contributed by atoms with Crippen molar-refractivity contribution in [1.82, 2.24) is 19.9 Å². The van der Waals surface area contributed by atoms with E-state index >= 15 is 0 Å². The maximum Gasteiger partial charge on any atom is 0.159 e. The van der Waals surface area contributed by atoms with E-state index in [-0.39, 0.29) is 0 Å². The van der Waals surface area contributed by atoms with Gasteiger partial charge in [-0.25, -0.2) is 19.9 Å². The fourth-order valence-corrected chi connectivity index (χ4v) is 1.84. The smallest absolute Gasteiger partial charge is 0.159 e. The van der Waals surface area contributed by atoms with Gasteiger partial charge >= 0.3 is 0 Å². The molecule has 3 aromatic rings. The Hall–Kier alpha value is -2.56. The van der Waals surface area contributed by atoms with Gasteiger partial charge in [-0.2, -0.15) is 0 Å². The Kier molecular flexibility index (Phi) is 2.79. The molecule has 0 aliphatic heterocycles. The normalized spacial score (nSPS) is 10.6. The number of hydrogen-bond donors (Lipinski definition) is 0. The van der Waals surface area contributed by atoms with Crippen LogP contribution in [0, 0.1) is 13.1 Å². The number of aromatic nitrogens is 4. The van der Waals surface area contributed by atoms with Crippen LogP contribution in [0.1, 0.15) is 5.56 Å². The van der Waals surface area contributed by atoms with Gasteiger partial charge < -0.3 is 4.74 Å². The lowest BCUT2D eigenvalue weighted by Crippen LogP contribution is -1.93. The van der Waals surface area contributed by atoms with Crippen molar-refractivity contribution >= 4 is 10.9 Å². The minimum atomic E-state index is 0.642. The minimum Gasteiger partial charge on any atom is -0.494 e. The van der Waals surface area contributed by atoms with Crippen LogP contribution >= 0.6 is 0 Å². The number of fused-ring (bicyclic) bond motifs is 1. The highest BCUT2D eigenvalue weighted by atomic mass is 16.5. The van der Waals surface area contributed by atoms with Crippen LogP contribution in [0.15, 0.2) is 30.9 Å². The average Bonchev–Trinajstić information content (AvgIpc) is 2.47. The van der Waals surface area contributed by atoms with E-state index in [1.807, 2.05) is 19.1 Å². The van der Waals surface area contributed by atoms with E-state index in [9.17, 15) is 0 Å². The Labute approximate surface area is 110 Å². The molecule has 19 heavy (non-hydrogen) atoms. The van der Waals surface area contributed by atoms with Gasteiger partial charge in [-0.3, -0.25) is 0 Å². The third-order valence-electron chi connectivity index (χ3n) is 2.76. The second-order valence-electron chi connectivity index (χ2n) is 4.14. The molecule has 0 fully saturated rings. The summed E-state index contributed by atoms with van der Waals surface area (Å²) in [5, 5.41) is 0.779. The van der Waals surface area contributed by atoms with Gasteiger partial charge in [0, 0.05) is 23.3 Å². The fourth-order valence-electron chi connectivity index (χ4n) is 1.84.